The SMILES string of the molecule is CC(=O)N1N=C2/C(=C/c3ccc(Br)cc3)CC(C)CC2C1Cc1ccc(Br)cc1. The van der Waals surface area contributed by atoms with E-state index in [9.17, 15) is 4.79 Å². The molecule has 0 radical (unpaired) electrons. The Morgan fingerprint density at radius 1 is 1.10 bits per heavy atom. The van der Waals surface area contributed by atoms with Gasteiger partial charge in [-0.15, -0.1) is 0 Å². The first kappa shape index (κ1) is 20.5. The molecule has 150 valence electrons. The van der Waals surface area contributed by atoms with Crippen LogP contribution in [0.2, 0.25) is 0 Å². The second-order valence-electron chi connectivity index (χ2n) is 8.12. The van der Waals surface area contributed by atoms with Crippen molar-refractivity contribution < 1.29 is 4.79 Å². The summed E-state index contributed by atoms with van der Waals surface area (Å²) in [7, 11) is 0. The minimum absolute atomic E-state index is 0.0182. The van der Waals surface area contributed by atoms with E-state index in [4.69, 9.17) is 5.10 Å². The van der Waals surface area contributed by atoms with Crippen molar-refractivity contribution in [2.24, 2.45) is 16.9 Å². The molecular weight excluding hydrogens is 492 g/mol. The van der Waals surface area contributed by atoms with E-state index in [1.54, 1.807) is 11.9 Å². The lowest BCUT2D eigenvalue weighted by Crippen LogP contribution is -2.40. The van der Waals surface area contributed by atoms with Gasteiger partial charge in [0.1, 0.15) is 0 Å². The standard InChI is InChI=1S/C24H24Br2N2O/c1-15-11-19(13-17-3-7-20(25)8-4-17)24-22(12-15)23(28(27-24)16(2)29)14-18-5-9-21(26)10-6-18/h3-10,13,15,22-23H,11-12,14H2,1-2H3/b19-13+. The topological polar surface area (TPSA) is 32.7 Å². The number of rotatable bonds is 3. The number of nitrogens with zero attached hydrogens (tertiary/aromatic N) is 2. The van der Waals surface area contributed by atoms with Gasteiger partial charge >= 0.3 is 0 Å². The van der Waals surface area contributed by atoms with Gasteiger partial charge in [-0.3, -0.25) is 4.79 Å². The van der Waals surface area contributed by atoms with Gasteiger partial charge in [0.2, 0.25) is 5.91 Å². The van der Waals surface area contributed by atoms with E-state index in [0.29, 0.717) is 5.92 Å². The predicted octanol–water partition coefficient (Wildman–Crippen LogP) is 6.47. The Bertz CT molecular complexity index is 963. The number of hydrogen-bond acceptors (Lipinski definition) is 2. The smallest absolute Gasteiger partial charge is 0.239 e. The fourth-order valence-electron chi connectivity index (χ4n) is 4.47. The Balaban J connectivity index is 1.67. The molecule has 29 heavy (non-hydrogen) atoms. The van der Waals surface area contributed by atoms with Crippen LogP contribution in [0, 0.1) is 11.8 Å². The number of halogens is 2. The molecule has 1 heterocycles. The molecule has 2 aromatic rings. The first-order valence-electron chi connectivity index (χ1n) is 10.00. The van der Waals surface area contributed by atoms with Crippen LogP contribution in [0.25, 0.3) is 6.08 Å². The maximum atomic E-state index is 12.4. The summed E-state index contributed by atoms with van der Waals surface area (Å²) >= 11 is 7.00. The molecule has 3 unspecified atom stereocenters. The molecular formula is C24H24Br2N2O. The van der Waals surface area contributed by atoms with Gasteiger partial charge in [0.05, 0.1) is 11.8 Å². The summed E-state index contributed by atoms with van der Waals surface area (Å²) in [5, 5.41) is 6.58. The lowest BCUT2D eigenvalue weighted by Gasteiger charge is -2.32. The summed E-state index contributed by atoms with van der Waals surface area (Å²) in [6.07, 6.45) is 5.14. The summed E-state index contributed by atoms with van der Waals surface area (Å²) in [6, 6.07) is 16.8. The molecule has 1 fully saturated rings. The number of carbonyl (C=O) groups excluding carboxylic acids is 1. The van der Waals surface area contributed by atoms with Crippen molar-refractivity contribution in [1.29, 1.82) is 0 Å². The van der Waals surface area contributed by atoms with E-state index in [1.807, 2.05) is 0 Å². The molecule has 1 saturated carbocycles. The van der Waals surface area contributed by atoms with Crippen LogP contribution in [-0.2, 0) is 11.2 Å². The quantitative estimate of drug-likeness (QED) is 0.461. The molecule has 5 heteroatoms. The predicted molar refractivity (Wildman–Crippen MR) is 126 cm³/mol. The number of carbonyl (C=O) groups is 1. The molecule has 1 aliphatic heterocycles. The summed E-state index contributed by atoms with van der Waals surface area (Å²) < 4.78 is 2.14. The largest absolute Gasteiger partial charge is 0.273 e. The Morgan fingerprint density at radius 2 is 1.72 bits per heavy atom. The third-order valence-corrected chi connectivity index (χ3v) is 6.85. The highest BCUT2D eigenvalue weighted by Gasteiger charge is 2.43. The van der Waals surface area contributed by atoms with Crippen molar-refractivity contribution in [2.45, 2.75) is 39.2 Å². The highest BCUT2D eigenvalue weighted by molar-refractivity contribution is 9.10. The average Bonchev–Trinajstić information content (AvgIpc) is 3.04. The van der Waals surface area contributed by atoms with Crippen LogP contribution in [0.1, 0.15) is 37.8 Å². The summed E-state index contributed by atoms with van der Waals surface area (Å²) in [5.74, 6) is 0.873. The maximum absolute atomic E-state index is 12.4. The fourth-order valence-corrected chi connectivity index (χ4v) is 5.00. The zero-order valence-corrected chi connectivity index (χ0v) is 19.8. The lowest BCUT2D eigenvalue weighted by molar-refractivity contribution is -0.131. The Labute approximate surface area is 189 Å². The van der Waals surface area contributed by atoms with E-state index < -0.39 is 0 Å². The molecule has 0 saturated heterocycles. The van der Waals surface area contributed by atoms with Gasteiger partial charge in [0.25, 0.3) is 0 Å². The van der Waals surface area contributed by atoms with Crippen LogP contribution in [-0.4, -0.2) is 22.7 Å². The van der Waals surface area contributed by atoms with Crippen LogP contribution in [0.15, 0.2) is 68.2 Å². The third-order valence-electron chi connectivity index (χ3n) is 5.79. The molecule has 1 aliphatic carbocycles. The number of hydrogen-bond donors (Lipinski definition) is 0. The first-order chi connectivity index (χ1) is 13.9. The fraction of sp³-hybridized carbons (Fsp3) is 0.333. The van der Waals surface area contributed by atoms with Crippen LogP contribution in [0.4, 0.5) is 0 Å². The average molecular weight is 516 g/mol. The molecule has 0 spiro atoms. The molecule has 0 N–H and O–H groups in total. The lowest BCUT2D eigenvalue weighted by atomic mass is 9.73. The number of hydrazone groups is 1. The molecule has 0 bridgehead atoms. The molecule has 0 aromatic heterocycles. The first-order valence-corrected chi connectivity index (χ1v) is 11.6. The van der Waals surface area contributed by atoms with Gasteiger partial charge in [-0.05, 0) is 72.2 Å². The van der Waals surface area contributed by atoms with Gasteiger partial charge in [-0.2, -0.15) is 5.10 Å². The van der Waals surface area contributed by atoms with Crippen molar-refractivity contribution in [1.82, 2.24) is 5.01 Å². The van der Waals surface area contributed by atoms with Gasteiger partial charge in [0.15, 0.2) is 0 Å². The molecule has 4 rings (SSSR count). The van der Waals surface area contributed by atoms with Crippen molar-refractivity contribution in [3.8, 4) is 0 Å². The number of amides is 1. The third kappa shape index (κ3) is 4.56. The number of fused-ring (bicyclic) bond motifs is 1. The zero-order chi connectivity index (χ0) is 20.5. The van der Waals surface area contributed by atoms with Gasteiger partial charge in [-0.1, -0.05) is 63.0 Å². The number of benzene rings is 2. The molecule has 2 aromatic carbocycles. The highest BCUT2D eigenvalue weighted by Crippen LogP contribution is 2.40. The van der Waals surface area contributed by atoms with Crippen LogP contribution < -0.4 is 0 Å². The Hall–Kier alpha value is -1.72. The summed E-state index contributed by atoms with van der Waals surface area (Å²) in [6.45, 7) is 3.93. The van der Waals surface area contributed by atoms with E-state index >= 15 is 0 Å². The van der Waals surface area contributed by atoms with E-state index in [0.717, 1.165) is 33.9 Å². The van der Waals surface area contributed by atoms with Crippen molar-refractivity contribution >= 4 is 49.6 Å². The van der Waals surface area contributed by atoms with Crippen LogP contribution in [0.5, 0.6) is 0 Å². The van der Waals surface area contributed by atoms with Gasteiger partial charge < -0.3 is 0 Å². The van der Waals surface area contributed by atoms with Crippen molar-refractivity contribution in [2.75, 3.05) is 0 Å². The normalized spacial score (nSPS) is 25.1. The second-order valence-corrected chi connectivity index (χ2v) is 9.95. The Kier molecular flexibility index (Phi) is 6.07. The van der Waals surface area contributed by atoms with Crippen molar-refractivity contribution in [3.05, 3.63) is 74.2 Å². The van der Waals surface area contributed by atoms with Crippen molar-refractivity contribution in [3.63, 3.8) is 0 Å². The van der Waals surface area contributed by atoms with E-state index in [2.05, 4.69) is 93.4 Å². The molecule has 1 amide bonds. The van der Waals surface area contributed by atoms with Crippen LogP contribution >= 0.6 is 31.9 Å². The van der Waals surface area contributed by atoms with E-state index in [-0.39, 0.29) is 17.9 Å². The monoisotopic (exact) mass is 514 g/mol. The minimum Gasteiger partial charge on any atom is -0.273 e. The molecule has 3 atom stereocenters. The Morgan fingerprint density at radius 3 is 2.34 bits per heavy atom. The van der Waals surface area contributed by atoms with E-state index in [1.165, 1.54) is 16.7 Å². The van der Waals surface area contributed by atoms with Crippen LogP contribution in [0.3, 0.4) is 0 Å². The molecule has 3 nitrogen and oxygen atoms in total. The highest BCUT2D eigenvalue weighted by atomic mass is 79.9. The maximum Gasteiger partial charge on any atom is 0.239 e. The minimum atomic E-state index is 0.0182. The zero-order valence-electron chi connectivity index (χ0n) is 16.6. The second kappa shape index (κ2) is 8.57. The number of allylic oxidation sites excluding steroid dienone is 1. The van der Waals surface area contributed by atoms with Gasteiger partial charge in [0, 0.05) is 21.8 Å². The van der Waals surface area contributed by atoms with Gasteiger partial charge in [-0.25, -0.2) is 5.01 Å². The summed E-state index contributed by atoms with van der Waals surface area (Å²) in [4.78, 5) is 12.4. The summed E-state index contributed by atoms with van der Waals surface area (Å²) in [5.41, 5.74) is 4.77. The molecule has 2 aliphatic rings.